The van der Waals surface area contributed by atoms with Crippen LogP contribution in [0.2, 0.25) is 0 Å². The summed E-state index contributed by atoms with van der Waals surface area (Å²) in [5, 5.41) is 4.24. The van der Waals surface area contributed by atoms with Crippen LogP contribution in [0.1, 0.15) is 39.2 Å². The van der Waals surface area contributed by atoms with Crippen LogP contribution >= 0.6 is 0 Å². The molecular weight excluding hydrogens is 297 g/mol. The van der Waals surface area contributed by atoms with Crippen molar-refractivity contribution in [2.45, 2.75) is 39.2 Å². The van der Waals surface area contributed by atoms with Crippen LogP contribution in [0.3, 0.4) is 0 Å². The van der Waals surface area contributed by atoms with Crippen molar-refractivity contribution >= 4 is 21.9 Å². The molecule has 0 spiro atoms. The highest BCUT2D eigenvalue weighted by Gasteiger charge is 2.35. The Balaban J connectivity index is 2.16. The molecule has 0 N–H and O–H groups in total. The minimum atomic E-state index is -4.56. The highest BCUT2D eigenvalue weighted by Crippen LogP contribution is 2.28. The smallest absolute Gasteiger partial charge is 0.297 e. The van der Waals surface area contributed by atoms with Gasteiger partial charge in [-0.25, -0.2) is 4.68 Å². The number of aromatic nitrogens is 2. The summed E-state index contributed by atoms with van der Waals surface area (Å²) in [5.74, 6) is -0.639. The fraction of sp³-hybridized carbons (Fsp3) is 0.692. The molecule has 1 aromatic rings. The standard InChI is InChI=1S/C13H20FN3O3S/c1-3-4-10(2)17-12(5-6-15-17)16-8-11(7-13(16)18)9-21(14,19)20/h5-6,10-11H,3-4,7-9H2,1-2H3. The van der Waals surface area contributed by atoms with E-state index in [0.717, 1.165) is 12.8 Å². The fourth-order valence-electron chi connectivity index (χ4n) is 2.80. The number of nitrogens with zero attached hydrogens (tertiary/aromatic N) is 3. The van der Waals surface area contributed by atoms with Crippen LogP contribution in [0.15, 0.2) is 12.3 Å². The molecule has 1 fully saturated rings. The van der Waals surface area contributed by atoms with E-state index >= 15 is 0 Å². The van der Waals surface area contributed by atoms with Gasteiger partial charge in [-0.05, 0) is 13.3 Å². The van der Waals surface area contributed by atoms with Crippen LogP contribution in [0.25, 0.3) is 0 Å². The molecule has 118 valence electrons. The molecule has 8 heteroatoms. The highest BCUT2D eigenvalue weighted by molar-refractivity contribution is 7.86. The average molecular weight is 317 g/mol. The van der Waals surface area contributed by atoms with Crippen LogP contribution in [-0.2, 0) is 15.0 Å². The normalized spacial score (nSPS) is 21.0. The molecule has 2 unspecified atom stereocenters. The van der Waals surface area contributed by atoms with Crippen molar-refractivity contribution in [3.63, 3.8) is 0 Å². The first kappa shape index (κ1) is 15.9. The molecular formula is C13H20FN3O3S. The second kappa shape index (κ2) is 6.13. The van der Waals surface area contributed by atoms with Crippen LogP contribution in [-0.4, -0.2) is 36.4 Å². The number of hydrogen-bond donors (Lipinski definition) is 0. The first-order valence-electron chi connectivity index (χ1n) is 7.08. The molecule has 2 rings (SSSR count). The van der Waals surface area contributed by atoms with Gasteiger partial charge in [-0.2, -0.15) is 13.5 Å². The van der Waals surface area contributed by atoms with E-state index in [1.807, 2.05) is 6.92 Å². The summed E-state index contributed by atoms with van der Waals surface area (Å²) in [5.41, 5.74) is 0. The van der Waals surface area contributed by atoms with E-state index in [2.05, 4.69) is 12.0 Å². The number of halogens is 1. The summed E-state index contributed by atoms with van der Waals surface area (Å²) in [4.78, 5) is 13.6. The van der Waals surface area contributed by atoms with Gasteiger partial charge in [0.05, 0.1) is 18.0 Å². The minimum Gasteiger partial charge on any atom is -0.297 e. The summed E-state index contributed by atoms with van der Waals surface area (Å²) >= 11 is 0. The zero-order chi connectivity index (χ0) is 15.6. The third-order valence-corrected chi connectivity index (χ3v) is 4.56. The predicted molar refractivity (Wildman–Crippen MR) is 77.2 cm³/mol. The zero-order valence-electron chi connectivity index (χ0n) is 12.2. The number of anilines is 1. The van der Waals surface area contributed by atoms with Gasteiger partial charge in [0.15, 0.2) is 0 Å². The molecule has 2 heterocycles. The van der Waals surface area contributed by atoms with Crippen molar-refractivity contribution < 1.29 is 17.1 Å². The van der Waals surface area contributed by atoms with Gasteiger partial charge in [-0.3, -0.25) is 9.69 Å². The van der Waals surface area contributed by atoms with Gasteiger partial charge in [0.1, 0.15) is 5.82 Å². The molecule has 1 aromatic heterocycles. The Bertz CT molecular complexity index is 614. The molecule has 0 aliphatic carbocycles. The van der Waals surface area contributed by atoms with Crippen molar-refractivity contribution in [1.29, 1.82) is 0 Å². The van der Waals surface area contributed by atoms with Gasteiger partial charge >= 0.3 is 10.2 Å². The Labute approximate surface area is 124 Å². The van der Waals surface area contributed by atoms with Gasteiger partial charge in [-0.1, -0.05) is 13.3 Å². The lowest BCUT2D eigenvalue weighted by Gasteiger charge is -2.21. The van der Waals surface area contributed by atoms with E-state index in [4.69, 9.17) is 0 Å². The first-order chi connectivity index (χ1) is 9.81. The predicted octanol–water partition coefficient (Wildman–Crippen LogP) is 1.90. The van der Waals surface area contributed by atoms with E-state index in [1.165, 1.54) is 4.90 Å². The summed E-state index contributed by atoms with van der Waals surface area (Å²) in [6.07, 6.45) is 3.60. The molecule has 1 aliphatic rings. The van der Waals surface area contributed by atoms with Gasteiger partial charge in [0.25, 0.3) is 0 Å². The Morgan fingerprint density at radius 2 is 2.24 bits per heavy atom. The number of carbonyl (C=O) groups excluding carboxylic acids is 1. The molecule has 2 atom stereocenters. The first-order valence-corrected chi connectivity index (χ1v) is 8.63. The van der Waals surface area contributed by atoms with Gasteiger partial charge in [-0.15, -0.1) is 3.89 Å². The van der Waals surface area contributed by atoms with Gasteiger partial charge in [0.2, 0.25) is 5.91 Å². The second-order valence-corrected chi connectivity index (χ2v) is 6.96. The lowest BCUT2D eigenvalue weighted by molar-refractivity contribution is -0.117. The molecule has 1 saturated heterocycles. The van der Waals surface area contributed by atoms with Gasteiger partial charge < -0.3 is 0 Å². The Morgan fingerprint density at radius 1 is 1.52 bits per heavy atom. The molecule has 1 amide bonds. The maximum Gasteiger partial charge on any atom is 0.302 e. The van der Waals surface area contributed by atoms with Crippen molar-refractivity contribution in [3.8, 4) is 0 Å². The number of hydrogen-bond acceptors (Lipinski definition) is 4. The zero-order valence-corrected chi connectivity index (χ0v) is 13.0. The summed E-state index contributed by atoms with van der Waals surface area (Å²) < 4.78 is 36.0. The molecule has 1 aliphatic heterocycles. The lowest BCUT2D eigenvalue weighted by atomic mass is 10.1. The maximum atomic E-state index is 12.8. The quantitative estimate of drug-likeness (QED) is 0.751. The third-order valence-electron chi connectivity index (χ3n) is 3.69. The largest absolute Gasteiger partial charge is 0.302 e. The van der Waals surface area contributed by atoms with Crippen molar-refractivity contribution in [2.24, 2.45) is 5.92 Å². The maximum absolute atomic E-state index is 12.8. The van der Waals surface area contributed by atoms with Crippen LogP contribution < -0.4 is 4.90 Å². The van der Waals surface area contributed by atoms with Crippen molar-refractivity contribution in [2.75, 3.05) is 17.2 Å². The SMILES string of the molecule is CCCC(C)n1nccc1N1CC(CS(=O)(=O)F)CC1=O. The molecule has 0 saturated carbocycles. The van der Waals surface area contributed by atoms with E-state index in [0.29, 0.717) is 5.82 Å². The van der Waals surface area contributed by atoms with E-state index in [1.54, 1.807) is 16.9 Å². The van der Waals surface area contributed by atoms with Crippen molar-refractivity contribution in [1.82, 2.24) is 9.78 Å². The molecule has 21 heavy (non-hydrogen) atoms. The summed E-state index contributed by atoms with van der Waals surface area (Å²) in [6.45, 7) is 4.30. The van der Waals surface area contributed by atoms with E-state index < -0.39 is 21.9 Å². The molecule has 0 aromatic carbocycles. The Morgan fingerprint density at radius 3 is 2.86 bits per heavy atom. The van der Waals surface area contributed by atoms with Crippen molar-refractivity contribution in [3.05, 3.63) is 12.3 Å². The van der Waals surface area contributed by atoms with Gasteiger partial charge in [0, 0.05) is 24.9 Å². The van der Waals surface area contributed by atoms with E-state index in [9.17, 15) is 17.1 Å². The average Bonchev–Trinajstić information content (AvgIpc) is 2.93. The fourth-order valence-corrected chi connectivity index (χ4v) is 3.58. The van der Waals surface area contributed by atoms with Crippen LogP contribution in [0.4, 0.5) is 9.70 Å². The monoisotopic (exact) mass is 317 g/mol. The molecule has 0 radical (unpaired) electrons. The van der Waals surface area contributed by atoms with E-state index in [-0.39, 0.29) is 24.9 Å². The minimum absolute atomic E-state index is 0.0521. The second-order valence-electron chi connectivity index (χ2n) is 5.55. The molecule has 0 bridgehead atoms. The number of rotatable bonds is 6. The summed E-state index contributed by atoms with van der Waals surface area (Å²) in [6, 6.07) is 1.88. The topological polar surface area (TPSA) is 72.3 Å². The molecule has 6 nitrogen and oxygen atoms in total. The number of carbonyl (C=O) groups is 1. The Hall–Kier alpha value is -1.44. The Kier molecular flexibility index (Phi) is 4.65. The third kappa shape index (κ3) is 3.81. The number of amides is 1. The lowest BCUT2D eigenvalue weighted by Crippen LogP contribution is -2.28. The van der Waals surface area contributed by atoms with Crippen LogP contribution in [0.5, 0.6) is 0 Å². The highest BCUT2D eigenvalue weighted by atomic mass is 32.3. The van der Waals surface area contributed by atoms with Crippen LogP contribution in [0, 0.1) is 5.92 Å². The summed E-state index contributed by atoms with van der Waals surface area (Å²) in [7, 11) is -4.56.